The first kappa shape index (κ1) is 21.9. The van der Waals surface area contributed by atoms with E-state index in [0.29, 0.717) is 5.92 Å². The number of nitrogens with one attached hydrogen (secondary N) is 1. The van der Waals surface area contributed by atoms with Crippen LogP contribution in [0.25, 0.3) is 0 Å². The fraction of sp³-hybridized carbons (Fsp3) is 0.708. The van der Waals surface area contributed by atoms with Gasteiger partial charge in [0.25, 0.3) is 0 Å². The van der Waals surface area contributed by atoms with Crippen LogP contribution < -0.4 is 10.2 Å². The molecule has 0 bridgehead atoms. The summed E-state index contributed by atoms with van der Waals surface area (Å²) in [5.74, 6) is 1.30. The maximum absolute atomic E-state index is 12.7. The molecule has 1 N–H and O–H groups in total. The lowest BCUT2D eigenvalue weighted by Gasteiger charge is -2.34. The van der Waals surface area contributed by atoms with Crippen molar-refractivity contribution in [2.45, 2.75) is 44.9 Å². The summed E-state index contributed by atoms with van der Waals surface area (Å²) in [6, 6.07) is 8.64. The van der Waals surface area contributed by atoms with Crippen molar-refractivity contribution < 1.29 is 4.79 Å². The molecule has 1 atom stereocenters. The molecule has 6 heteroatoms. The van der Waals surface area contributed by atoms with Crippen molar-refractivity contribution in [3.8, 4) is 0 Å². The highest BCUT2D eigenvalue weighted by atomic mass is 79.9. The van der Waals surface area contributed by atoms with Crippen LogP contribution in [0.15, 0.2) is 28.7 Å². The second-order valence-electron chi connectivity index (χ2n) is 9.41. The standard InChI is InChI=1S/C24H37BrN4O/c25-22-6-5-7-23(16-22)29-15-10-21(19-29)17-26-24(30)28-13-8-20(9-14-28)18-27-11-3-1-2-4-12-27/h5-7,16,20-21H,1-4,8-15,17-19H2,(H,26,30). The molecule has 3 heterocycles. The summed E-state index contributed by atoms with van der Waals surface area (Å²) < 4.78 is 1.12. The Bertz CT molecular complexity index is 684. The summed E-state index contributed by atoms with van der Waals surface area (Å²) in [4.78, 5) is 19.8. The van der Waals surface area contributed by atoms with Gasteiger partial charge in [0, 0.05) is 49.4 Å². The Labute approximate surface area is 190 Å². The molecule has 3 aliphatic rings. The zero-order chi connectivity index (χ0) is 20.8. The molecule has 3 fully saturated rings. The number of nitrogens with zero attached hydrogens (tertiary/aromatic N) is 3. The molecule has 5 nitrogen and oxygen atoms in total. The third-order valence-corrected chi connectivity index (χ3v) is 7.61. The Morgan fingerprint density at radius 3 is 2.43 bits per heavy atom. The van der Waals surface area contributed by atoms with Crippen molar-refractivity contribution in [2.24, 2.45) is 11.8 Å². The van der Waals surface area contributed by atoms with Crippen molar-refractivity contribution in [3.05, 3.63) is 28.7 Å². The minimum Gasteiger partial charge on any atom is -0.371 e. The van der Waals surface area contributed by atoms with Crippen molar-refractivity contribution in [2.75, 3.05) is 57.3 Å². The molecule has 30 heavy (non-hydrogen) atoms. The van der Waals surface area contributed by atoms with Crippen LogP contribution in [0.2, 0.25) is 0 Å². The molecule has 1 aromatic carbocycles. The van der Waals surface area contributed by atoms with Gasteiger partial charge < -0.3 is 20.0 Å². The molecule has 4 rings (SSSR count). The van der Waals surface area contributed by atoms with Gasteiger partial charge >= 0.3 is 6.03 Å². The second-order valence-corrected chi connectivity index (χ2v) is 10.3. The Morgan fingerprint density at radius 1 is 0.967 bits per heavy atom. The quantitative estimate of drug-likeness (QED) is 0.675. The highest BCUT2D eigenvalue weighted by Crippen LogP contribution is 2.26. The first-order chi connectivity index (χ1) is 14.7. The monoisotopic (exact) mass is 476 g/mol. The van der Waals surface area contributed by atoms with Crippen molar-refractivity contribution >= 4 is 27.6 Å². The largest absolute Gasteiger partial charge is 0.371 e. The summed E-state index contributed by atoms with van der Waals surface area (Å²) in [6.45, 7) is 8.50. The lowest BCUT2D eigenvalue weighted by Crippen LogP contribution is -2.47. The summed E-state index contributed by atoms with van der Waals surface area (Å²) in [6.07, 6.45) is 8.98. The SMILES string of the molecule is O=C(NCC1CCN(c2cccc(Br)c2)C1)N1CCC(CN2CCCCCC2)CC1. The van der Waals surface area contributed by atoms with Crippen LogP contribution in [0.3, 0.4) is 0 Å². The maximum atomic E-state index is 12.7. The van der Waals surface area contributed by atoms with Gasteiger partial charge in [-0.15, -0.1) is 0 Å². The average Bonchev–Trinajstić information content (AvgIpc) is 3.09. The Morgan fingerprint density at radius 2 is 1.70 bits per heavy atom. The van der Waals surface area contributed by atoms with Crippen LogP contribution in [0.4, 0.5) is 10.5 Å². The van der Waals surface area contributed by atoms with E-state index < -0.39 is 0 Å². The fourth-order valence-electron chi connectivity index (χ4n) is 5.25. The van der Waals surface area contributed by atoms with Crippen LogP contribution in [0.1, 0.15) is 44.9 Å². The molecule has 0 aromatic heterocycles. The third-order valence-electron chi connectivity index (χ3n) is 7.12. The predicted octanol–water partition coefficient (Wildman–Crippen LogP) is 4.57. The molecular weight excluding hydrogens is 440 g/mol. The molecule has 3 aliphatic heterocycles. The van der Waals surface area contributed by atoms with Gasteiger partial charge in [0.15, 0.2) is 0 Å². The van der Waals surface area contributed by atoms with E-state index in [2.05, 4.69) is 55.3 Å². The van der Waals surface area contributed by atoms with Gasteiger partial charge in [0.05, 0.1) is 0 Å². The normalized spacial score (nSPS) is 24.1. The number of carbonyl (C=O) groups excluding carboxylic acids is 1. The highest BCUT2D eigenvalue weighted by Gasteiger charge is 2.27. The molecular formula is C24H37BrN4O. The number of anilines is 1. The number of hydrogen-bond acceptors (Lipinski definition) is 3. The van der Waals surface area contributed by atoms with E-state index in [1.165, 1.54) is 51.0 Å². The van der Waals surface area contributed by atoms with Gasteiger partial charge in [-0.05, 0) is 75.2 Å². The molecule has 166 valence electrons. The maximum Gasteiger partial charge on any atom is 0.317 e. The molecule has 1 aromatic rings. The molecule has 1 unspecified atom stereocenters. The Balaban J connectivity index is 1.15. The minimum atomic E-state index is 0.143. The number of piperidine rings is 1. The first-order valence-electron chi connectivity index (χ1n) is 11.9. The van der Waals surface area contributed by atoms with E-state index in [9.17, 15) is 4.79 Å². The number of likely N-dealkylation sites (tertiary alicyclic amines) is 2. The highest BCUT2D eigenvalue weighted by molar-refractivity contribution is 9.10. The van der Waals surface area contributed by atoms with Crippen LogP contribution in [0.5, 0.6) is 0 Å². The summed E-state index contributed by atoms with van der Waals surface area (Å²) >= 11 is 3.56. The lowest BCUT2D eigenvalue weighted by molar-refractivity contribution is 0.147. The van der Waals surface area contributed by atoms with Crippen LogP contribution in [-0.4, -0.2) is 68.2 Å². The number of carbonyl (C=O) groups is 1. The van der Waals surface area contributed by atoms with Crippen molar-refractivity contribution in [3.63, 3.8) is 0 Å². The smallest absolute Gasteiger partial charge is 0.317 e. The average molecular weight is 477 g/mol. The van der Waals surface area contributed by atoms with Gasteiger partial charge in [-0.1, -0.05) is 34.8 Å². The number of benzene rings is 1. The topological polar surface area (TPSA) is 38.8 Å². The molecule has 0 saturated carbocycles. The minimum absolute atomic E-state index is 0.143. The molecule has 3 saturated heterocycles. The number of urea groups is 1. The third kappa shape index (κ3) is 6.13. The number of halogens is 1. The second kappa shape index (κ2) is 10.9. The molecule has 2 amide bonds. The summed E-state index contributed by atoms with van der Waals surface area (Å²) in [5, 5.41) is 3.22. The van der Waals surface area contributed by atoms with Crippen LogP contribution >= 0.6 is 15.9 Å². The van der Waals surface area contributed by atoms with Crippen LogP contribution in [-0.2, 0) is 0 Å². The summed E-state index contributed by atoms with van der Waals surface area (Å²) in [5.41, 5.74) is 1.27. The first-order valence-corrected chi connectivity index (χ1v) is 12.7. The molecule has 0 aliphatic carbocycles. The van der Waals surface area contributed by atoms with Gasteiger partial charge in [0.2, 0.25) is 0 Å². The zero-order valence-corrected chi connectivity index (χ0v) is 19.8. The van der Waals surface area contributed by atoms with E-state index in [1.54, 1.807) is 0 Å². The number of amides is 2. The van der Waals surface area contributed by atoms with Gasteiger partial charge in [-0.25, -0.2) is 4.79 Å². The fourth-order valence-corrected chi connectivity index (χ4v) is 5.64. The zero-order valence-electron chi connectivity index (χ0n) is 18.2. The van der Waals surface area contributed by atoms with Crippen LogP contribution in [0, 0.1) is 11.8 Å². The van der Waals surface area contributed by atoms with E-state index in [-0.39, 0.29) is 6.03 Å². The van der Waals surface area contributed by atoms with Crippen molar-refractivity contribution in [1.29, 1.82) is 0 Å². The Hall–Kier alpha value is -1.27. The molecule has 0 spiro atoms. The number of hydrogen-bond donors (Lipinski definition) is 1. The van der Waals surface area contributed by atoms with E-state index in [1.807, 2.05) is 4.90 Å². The van der Waals surface area contributed by atoms with Crippen molar-refractivity contribution in [1.82, 2.24) is 15.1 Å². The van der Waals surface area contributed by atoms with Gasteiger partial charge in [0.1, 0.15) is 0 Å². The van der Waals surface area contributed by atoms with E-state index in [4.69, 9.17) is 0 Å². The van der Waals surface area contributed by atoms with E-state index >= 15 is 0 Å². The summed E-state index contributed by atoms with van der Waals surface area (Å²) in [7, 11) is 0. The van der Waals surface area contributed by atoms with Gasteiger partial charge in [-0.2, -0.15) is 0 Å². The lowest BCUT2D eigenvalue weighted by atomic mass is 9.96. The van der Waals surface area contributed by atoms with Gasteiger partial charge in [-0.3, -0.25) is 0 Å². The number of rotatable bonds is 5. The predicted molar refractivity (Wildman–Crippen MR) is 127 cm³/mol. The Kier molecular flexibility index (Phi) is 7.94. The molecule has 0 radical (unpaired) electrons. The van der Waals surface area contributed by atoms with E-state index in [0.717, 1.165) is 62.4 Å².